The molecule has 0 saturated heterocycles. The van der Waals surface area contributed by atoms with Gasteiger partial charge in [-0.05, 0) is 23.6 Å². The first kappa shape index (κ1) is 25.2. The van der Waals surface area contributed by atoms with E-state index in [1.807, 2.05) is 0 Å². The number of carbonyl (C=O) groups is 1. The van der Waals surface area contributed by atoms with E-state index in [-0.39, 0.29) is 6.42 Å². The SMILES string of the molecule is CCCCCCCCCCCCCCC(=O)[O-].[NH3+]Cc1cccc2ccccc12. The van der Waals surface area contributed by atoms with Crippen molar-refractivity contribution in [2.24, 2.45) is 0 Å². The highest BCUT2D eigenvalue weighted by Gasteiger charge is 1.97. The normalized spacial score (nSPS) is 10.6. The predicted octanol–water partition coefficient (Wildman–Crippen LogP) is 5.41. The summed E-state index contributed by atoms with van der Waals surface area (Å²) < 4.78 is 0. The van der Waals surface area contributed by atoms with Gasteiger partial charge in [-0.15, -0.1) is 0 Å². The fourth-order valence-corrected chi connectivity index (χ4v) is 3.62. The molecule has 29 heavy (non-hydrogen) atoms. The van der Waals surface area contributed by atoms with Crippen LogP contribution in [0.15, 0.2) is 42.5 Å². The molecule has 0 unspecified atom stereocenters. The van der Waals surface area contributed by atoms with Crippen molar-refractivity contribution in [3.63, 3.8) is 0 Å². The molecule has 0 fully saturated rings. The minimum absolute atomic E-state index is 0.234. The lowest BCUT2D eigenvalue weighted by atomic mass is 10.0. The molecule has 2 aromatic carbocycles. The summed E-state index contributed by atoms with van der Waals surface area (Å²) in [4.78, 5) is 10.2. The Balaban J connectivity index is 0.000000304. The van der Waals surface area contributed by atoms with Crippen LogP contribution in [0.25, 0.3) is 10.8 Å². The quantitative estimate of drug-likeness (QED) is 0.432. The molecular weight excluding hydrogens is 358 g/mol. The fraction of sp³-hybridized carbons (Fsp3) is 0.577. The van der Waals surface area contributed by atoms with Crippen molar-refractivity contribution < 1.29 is 15.6 Å². The lowest BCUT2D eigenvalue weighted by Gasteiger charge is -2.03. The van der Waals surface area contributed by atoms with Crippen molar-refractivity contribution in [2.75, 3.05) is 0 Å². The van der Waals surface area contributed by atoms with Crippen LogP contribution in [0, 0.1) is 0 Å². The van der Waals surface area contributed by atoms with Gasteiger partial charge in [0.1, 0.15) is 6.54 Å². The van der Waals surface area contributed by atoms with Crippen LogP contribution >= 0.6 is 0 Å². The zero-order chi connectivity index (χ0) is 21.2. The monoisotopic (exact) mass is 399 g/mol. The van der Waals surface area contributed by atoms with E-state index in [0.29, 0.717) is 0 Å². The molecule has 2 aromatic rings. The van der Waals surface area contributed by atoms with Crippen molar-refractivity contribution in [3.8, 4) is 0 Å². The molecule has 3 heteroatoms. The van der Waals surface area contributed by atoms with Crippen molar-refractivity contribution >= 4 is 16.7 Å². The average Bonchev–Trinajstić information content (AvgIpc) is 2.74. The molecule has 0 spiro atoms. The van der Waals surface area contributed by atoms with Gasteiger partial charge in [0, 0.05) is 11.5 Å². The van der Waals surface area contributed by atoms with Gasteiger partial charge in [0.05, 0.1) is 0 Å². The largest absolute Gasteiger partial charge is 0.550 e. The third-order valence-corrected chi connectivity index (χ3v) is 5.38. The summed E-state index contributed by atoms with van der Waals surface area (Å²) in [5.41, 5.74) is 5.23. The number of rotatable bonds is 14. The van der Waals surface area contributed by atoms with Crippen molar-refractivity contribution in [3.05, 3.63) is 48.0 Å². The Morgan fingerprint density at radius 2 is 1.28 bits per heavy atom. The third kappa shape index (κ3) is 12.3. The van der Waals surface area contributed by atoms with Gasteiger partial charge in [0.25, 0.3) is 0 Å². The standard InChI is InChI=1S/C15H30O2.C11H11N/c1-2-3-4-5-6-7-8-9-10-11-12-13-14-15(16)17;12-8-10-6-3-5-9-4-1-2-7-11(9)10/h2-14H2,1H3,(H,16,17);1-7H,8,12H2. The summed E-state index contributed by atoms with van der Waals surface area (Å²) in [5.74, 6) is -0.905. The molecule has 162 valence electrons. The van der Waals surface area contributed by atoms with Crippen LogP contribution in [0.5, 0.6) is 0 Å². The van der Waals surface area contributed by atoms with E-state index in [0.717, 1.165) is 19.4 Å². The van der Waals surface area contributed by atoms with Gasteiger partial charge < -0.3 is 15.6 Å². The van der Waals surface area contributed by atoms with Gasteiger partial charge in [0.15, 0.2) is 0 Å². The molecule has 0 atom stereocenters. The fourth-order valence-electron chi connectivity index (χ4n) is 3.62. The molecule has 0 bridgehead atoms. The molecule has 3 nitrogen and oxygen atoms in total. The minimum Gasteiger partial charge on any atom is -0.550 e. The molecule has 2 rings (SSSR count). The molecule has 0 aliphatic rings. The second-order valence-electron chi connectivity index (χ2n) is 7.90. The van der Waals surface area contributed by atoms with Crippen LogP contribution in [-0.2, 0) is 11.3 Å². The highest BCUT2D eigenvalue weighted by Crippen LogP contribution is 2.17. The molecule has 0 saturated carbocycles. The van der Waals surface area contributed by atoms with Gasteiger partial charge in [-0.1, -0.05) is 120 Å². The number of hydrogen-bond donors (Lipinski definition) is 1. The summed E-state index contributed by atoms with van der Waals surface area (Å²) in [5, 5.41) is 12.8. The molecule has 0 amide bonds. The molecule has 0 heterocycles. The van der Waals surface area contributed by atoms with Crippen LogP contribution in [0.3, 0.4) is 0 Å². The average molecular weight is 400 g/mol. The van der Waals surface area contributed by atoms with Crippen molar-refractivity contribution in [1.29, 1.82) is 0 Å². The Morgan fingerprint density at radius 1 is 0.759 bits per heavy atom. The molecule has 0 radical (unpaired) electrons. The zero-order valence-corrected chi connectivity index (χ0v) is 18.5. The van der Waals surface area contributed by atoms with Crippen LogP contribution in [0.4, 0.5) is 0 Å². The number of aliphatic carboxylic acids is 1. The summed E-state index contributed by atoms with van der Waals surface area (Å²) in [6.07, 6.45) is 15.5. The van der Waals surface area contributed by atoms with Gasteiger partial charge in [-0.25, -0.2) is 0 Å². The number of benzene rings is 2. The van der Waals surface area contributed by atoms with Crippen LogP contribution in [0.2, 0.25) is 0 Å². The van der Waals surface area contributed by atoms with Crippen molar-refractivity contribution in [2.45, 2.75) is 96.9 Å². The molecule has 0 aliphatic carbocycles. The summed E-state index contributed by atoms with van der Waals surface area (Å²) >= 11 is 0. The molecule has 0 aliphatic heterocycles. The van der Waals surface area contributed by atoms with E-state index >= 15 is 0 Å². The maximum Gasteiger partial charge on any atom is 0.100 e. The van der Waals surface area contributed by atoms with Crippen LogP contribution < -0.4 is 10.8 Å². The highest BCUT2D eigenvalue weighted by molar-refractivity contribution is 5.85. The Hall–Kier alpha value is -1.87. The summed E-state index contributed by atoms with van der Waals surface area (Å²) in [6.45, 7) is 3.11. The number of fused-ring (bicyclic) bond motifs is 1. The number of carboxylic acid groups (broad SMARTS) is 1. The highest BCUT2D eigenvalue weighted by atomic mass is 16.4. The lowest BCUT2D eigenvalue weighted by molar-refractivity contribution is -0.386. The van der Waals surface area contributed by atoms with Gasteiger partial charge in [0.2, 0.25) is 0 Å². The predicted molar refractivity (Wildman–Crippen MR) is 121 cm³/mol. The number of unbranched alkanes of at least 4 members (excludes halogenated alkanes) is 11. The van der Waals surface area contributed by atoms with Gasteiger partial charge >= 0.3 is 0 Å². The van der Waals surface area contributed by atoms with E-state index in [1.54, 1.807) is 0 Å². The van der Waals surface area contributed by atoms with Gasteiger partial charge in [-0.2, -0.15) is 0 Å². The third-order valence-electron chi connectivity index (χ3n) is 5.38. The van der Waals surface area contributed by atoms with Gasteiger partial charge in [-0.3, -0.25) is 0 Å². The van der Waals surface area contributed by atoms with E-state index in [1.165, 1.54) is 80.5 Å². The second kappa shape index (κ2) is 17.0. The minimum atomic E-state index is -0.905. The molecule has 0 aromatic heterocycles. The maximum absolute atomic E-state index is 10.2. The number of carboxylic acids is 1. The van der Waals surface area contributed by atoms with E-state index < -0.39 is 5.97 Å². The summed E-state index contributed by atoms with van der Waals surface area (Å²) in [6, 6.07) is 14.8. The summed E-state index contributed by atoms with van der Waals surface area (Å²) in [7, 11) is 0. The lowest BCUT2D eigenvalue weighted by Crippen LogP contribution is -2.47. The van der Waals surface area contributed by atoms with E-state index in [2.05, 4.69) is 55.1 Å². The maximum atomic E-state index is 10.2. The van der Waals surface area contributed by atoms with E-state index in [4.69, 9.17) is 0 Å². The Bertz CT molecular complexity index is 663. The first-order chi connectivity index (χ1) is 14.2. The first-order valence-electron chi connectivity index (χ1n) is 11.6. The first-order valence-corrected chi connectivity index (χ1v) is 11.6. The van der Waals surface area contributed by atoms with E-state index in [9.17, 15) is 9.90 Å². The molecule has 3 N–H and O–H groups in total. The Morgan fingerprint density at radius 3 is 1.83 bits per heavy atom. The Labute approximate surface area is 177 Å². The molecular formula is C26H41NO2. The van der Waals surface area contributed by atoms with Crippen LogP contribution in [0.1, 0.15) is 96.0 Å². The smallest absolute Gasteiger partial charge is 0.100 e. The number of quaternary nitrogens is 1. The Kier molecular flexibility index (Phi) is 14.8. The number of carbonyl (C=O) groups excluding carboxylic acids is 1. The van der Waals surface area contributed by atoms with Crippen LogP contribution in [-0.4, -0.2) is 5.97 Å². The zero-order valence-electron chi connectivity index (χ0n) is 18.5. The van der Waals surface area contributed by atoms with Crippen molar-refractivity contribution in [1.82, 2.24) is 0 Å². The second-order valence-corrected chi connectivity index (χ2v) is 7.90. The topological polar surface area (TPSA) is 67.8 Å². The number of hydrogen-bond acceptors (Lipinski definition) is 2.